The van der Waals surface area contributed by atoms with Gasteiger partial charge in [-0.3, -0.25) is 9.53 Å². The first-order chi connectivity index (χ1) is 8.85. The number of carbonyl (C=O) groups is 1. The van der Waals surface area contributed by atoms with Gasteiger partial charge in [0.05, 0.1) is 12.3 Å². The highest BCUT2D eigenvalue weighted by molar-refractivity contribution is 7.17. The fourth-order valence-corrected chi connectivity index (χ4v) is 2.56. The molecule has 2 rings (SSSR count). The molecule has 0 aliphatic carbocycles. The van der Waals surface area contributed by atoms with Crippen molar-refractivity contribution in [3.05, 3.63) is 11.1 Å². The number of hydrogen-bond acceptors (Lipinski definition) is 5. The Labute approximate surface area is 111 Å². The summed E-state index contributed by atoms with van der Waals surface area (Å²) in [4.78, 5) is 17.6. The number of halogens is 3. The number of piperidine rings is 1. The lowest BCUT2D eigenvalue weighted by Gasteiger charge is -2.31. The second-order valence-electron chi connectivity index (χ2n) is 4.12. The van der Waals surface area contributed by atoms with Gasteiger partial charge in [-0.2, -0.15) is 0 Å². The normalized spacial score (nSPS) is 17.7. The lowest BCUT2D eigenvalue weighted by molar-refractivity contribution is -0.345. The third-order valence-corrected chi connectivity index (χ3v) is 3.58. The van der Waals surface area contributed by atoms with E-state index in [0.29, 0.717) is 10.0 Å². The minimum Gasteiger partial charge on any atom is -0.375 e. The van der Waals surface area contributed by atoms with Crippen LogP contribution in [0.3, 0.4) is 0 Å². The molecule has 1 aliphatic heterocycles. The molecule has 0 spiro atoms. The van der Waals surface area contributed by atoms with Crippen LogP contribution in [0.15, 0.2) is 6.20 Å². The molecule has 106 valence electrons. The van der Waals surface area contributed by atoms with E-state index in [0.717, 1.165) is 11.3 Å². The molecule has 1 saturated heterocycles. The van der Waals surface area contributed by atoms with Crippen LogP contribution in [0.5, 0.6) is 0 Å². The van der Waals surface area contributed by atoms with Gasteiger partial charge in [0.15, 0.2) is 5.13 Å². The van der Waals surface area contributed by atoms with Crippen LogP contribution in [0.1, 0.15) is 22.5 Å². The fourth-order valence-electron chi connectivity index (χ4n) is 1.91. The number of rotatable bonds is 2. The Morgan fingerprint density at radius 3 is 2.58 bits per heavy atom. The third kappa shape index (κ3) is 3.80. The molecule has 1 aliphatic rings. The van der Waals surface area contributed by atoms with E-state index in [9.17, 15) is 18.0 Å². The summed E-state index contributed by atoms with van der Waals surface area (Å²) in [6.45, 7) is 0.467. The van der Waals surface area contributed by atoms with E-state index in [1.807, 2.05) is 0 Å². The first-order valence-electron chi connectivity index (χ1n) is 5.60. The second-order valence-corrected chi connectivity index (χ2v) is 5.18. The topological polar surface area (TPSA) is 68.5 Å². The van der Waals surface area contributed by atoms with Crippen LogP contribution >= 0.6 is 11.3 Å². The van der Waals surface area contributed by atoms with Crippen LogP contribution in [0.2, 0.25) is 0 Å². The molecule has 1 aromatic rings. The number of likely N-dealkylation sites (tertiary alicyclic amines) is 1. The monoisotopic (exact) mass is 295 g/mol. The van der Waals surface area contributed by atoms with Crippen LogP contribution in [0, 0.1) is 0 Å². The number of thiazole rings is 1. The first-order valence-corrected chi connectivity index (χ1v) is 6.42. The average molecular weight is 295 g/mol. The summed E-state index contributed by atoms with van der Waals surface area (Å²) in [5.74, 6) is -0.250. The summed E-state index contributed by atoms with van der Waals surface area (Å²) in [6.07, 6.45) is -3.79. The zero-order chi connectivity index (χ0) is 14.0. The highest BCUT2D eigenvalue weighted by Crippen LogP contribution is 2.25. The molecule has 2 heterocycles. The quantitative estimate of drug-likeness (QED) is 0.904. The number of aromatic nitrogens is 1. The van der Waals surface area contributed by atoms with Gasteiger partial charge >= 0.3 is 6.36 Å². The summed E-state index contributed by atoms with van der Waals surface area (Å²) in [5.41, 5.74) is 5.43. The standard InChI is InChI=1S/C10H12F3N3O2S/c11-10(12,13)18-6-1-3-16(4-2-6)8(17)7-5-15-9(14)19-7/h5-6H,1-4H2,(H2,14,15). The summed E-state index contributed by atoms with van der Waals surface area (Å²) in [5, 5.41) is 0.290. The van der Waals surface area contributed by atoms with Gasteiger partial charge in [-0.05, 0) is 12.8 Å². The van der Waals surface area contributed by atoms with Gasteiger partial charge in [-0.15, -0.1) is 13.2 Å². The van der Waals surface area contributed by atoms with Crippen LogP contribution in [-0.2, 0) is 4.74 Å². The van der Waals surface area contributed by atoms with Crippen molar-refractivity contribution in [1.82, 2.24) is 9.88 Å². The maximum Gasteiger partial charge on any atom is 0.522 e. The molecule has 1 fully saturated rings. The molecule has 2 N–H and O–H groups in total. The molecule has 0 aromatic carbocycles. The molecule has 0 atom stereocenters. The zero-order valence-electron chi connectivity index (χ0n) is 9.81. The van der Waals surface area contributed by atoms with E-state index in [2.05, 4.69) is 9.72 Å². The molecule has 5 nitrogen and oxygen atoms in total. The Morgan fingerprint density at radius 2 is 2.11 bits per heavy atom. The van der Waals surface area contributed by atoms with Gasteiger partial charge in [-0.1, -0.05) is 11.3 Å². The van der Waals surface area contributed by atoms with E-state index in [1.165, 1.54) is 11.1 Å². The summed E-state index contributed by atoms with van der Waals surface area (Å²) in [7, 11) is 0. The predicted molar refractivity (Wildman–Crippen MR) is 62.6 cm³/mol. The minimum atomic E-state index is -4.62. The fraction of sp³-hybridized carbons (Fsp3) is 0.600. The van der Waals surface area contributed by atoms with Gasteiger partial charge in [0.1, 0.15) is 4.88 Å². The van der Waals surface area contributed by atoms with E-state index in [1.54, 1.807) is 0 Å². The van der Waals surface area contributed by atoms with Crippen molar-refractivity contribution >= 4 is 22.4 Å². The van der Waals surface area contributed by atoms with Crippen molar-refractivity contribution in [2.45, 2.75) is 25.3 Å². The SMILES string of the molecule is Nc1ncc(C(=O)N2CCC(OC(F)(F)F)CC2)s1. The zero-order valence-corrected chi connectivity index (χ0v) is 10.6. The number of amides is 1. The Morgan fingerprint density at radius 1 is 1.47 bits per heavy atom. The van der Waals surface area contributed by atoms with E-state index < -0.39 is 12.5 Å². The Hall–Kier alpha value is -1.35. The second kappa shape index (κ2) is 5.33. The average Bonchev–Trinajstić information content (AvgIpc) is 2.74. The van der Waals surface area contributed by atoms with Gasteiger partial charge in [-0.25, -0.2) is 4.98 Å². The Kier molecular flexibility index (Phi) is 3.95. The van der Waals surface area contributed by atoms with Gasteiger partial charge in [0.2, 0.25) is 0 Å². The largest absolute Gasteiger partial charge is 0.522 e. The van der Waals surface area contributed by atoms with Crippen LogP contribution < -0.4 is 5.73 Å². The third-order valence-electron chi connectivity index (χ3n) is 2.76. The molecule has 0 bridgehead atoms. The molecular weight excluding hydrogens is 283 g/mol. The highest BCUT2D eigenvalue weighted by atomic mass is 32.1. The number of ether oxygens (including phenoxy) is 1. The van der Waals surface area contributed by atoms with E-state index in [-0.39, 0.29) is 31.8 Å². The highest BCUT2D eigenvalue weighted by Gasteiger charge is 2.35. The summed E-state index contributed by atoms with van der Waals surface area (Å²) >= 11 is 1.06. The molecule has 1 amide bonds. The predicted octanol–water partition coefficient (Wildman–Crippen LogP) is 1.87. The first kappa shape index (κ1) is 14.1. The maximum absolute atomic E-state index is 12.0. The molecule has 9 heteroatoms. The van der Waals surface area contributed by atoms with Crippen molar-refractivity contribution in [3.63, 3.8) is 0 Å². The van der Waals surface area contributed by atoms with E-state index in [4.69, 9.17) is 5.73 Å². The molecule has 1 aromatic heterocycles. The van der Waals surface area contributed by atoms with Crippen molar-refractivity contribution in [1.29, 1.82) is 0 Å². The van der Waals surface area contributed by atoms with Crippen LogP contribution in [-0.4, -0.2) is 41.3 Å². The molecule has 0 saturated carbocycles. The van der Waals surface area contributed by atoms with Crippen molar-refractivity contribution in [2.24, 2.45) is 0 Å². The molecule has 0 unspecified atom stereocenters. The van der Waals surface area contributed by atoms with Gasteiger partial charge in [0.25, 0.3) is 5.91 Å². The lowest BCUT2D eigenvalue weighted by atomic mass is 10.1. The smallest absolute Gasteiger partial charge is 0.375 e. The van der Waals surface area contributed by atoms with Crippen LogP contribution in [0.25, 0.3) is 0 Å². The minimum absolute atomic E-state index is 0.166. The van der Waals surface area contributed by atoms with Crippen molar-refractivity contribution in [3.8, 4) is 0 Å². The molecular formula is C10H12F3N3O2S. The summed E-state index contributed by atoms with van der Waals surface area (Å²) < 4.78 is 40.1. The lowest BCUT2D eigenvalue weighted by Crippen LogP contribution is -2.42. The van der Waals surface area contributed by atoms with Gasteiger partial charge < -0.3 is 10.6 Å². The number of hydrogen-bond donors (Lipinski definition) is 1. The number of anilines is 1. The van der Waals surface area contributed by atoms with Crippen molar-refractivity contribution < 1.29 is 22.7 Å². The van der Waals surface area contributed by atoms with Crippen LogP contribution in [0.4, 0.5) is 18.3 Å². The Bertz CT molecular complexity index is 455. The summed E-state index contributed by atoms with van der Waals surface area (Å²) in [6, 6.07) is 0. The number of alkyl halides is 3. The number of carbonyl (C=O) groups excluding carboxylic acids is 1. The maximum atomic E-state index is 12.0. The van der Waals surface area contributed by atoms with E-state index >= 15 is 0 Å². The van der Waals surface area contributed by atoms with Crippen molar-refractivity contribution in [2.75, 3.05) is 18.8 Å². The number of nitrogens with two attached hydrogens (primary N) is 1. The molecule has 19 heavy (non-hydrogen) atoms. The number of nitrogen functional groups attached to an aromatic ring is 1. The van der Waals surface area contributed by atoms with Gasteiger partial charge in [0, 0.05) is 13.1 Å². The number of nitrogens with zero attached hydrogens (tertiary/aromatic N) is 2. The molecule has 0 radical (unpaired) electrons. The Balaban J connectivity index is 1.88.